The highest BCUT2D eigenvalue weighted by Crippen LogP contribution is 2.28. The smallest absolute Gasteiger partial charge is 0.133 e. The third kappa shape index (κ3) is 2.29. The van der Waals surface area contributed by atoms with Crippen molar-refractivity contribution < 1.29 is 9.53 Å². The number of Topliss-reactive ketones (excluding diaryl/α,β-unsaturated/α-hetero) is 1. The Balaban J connectivity index is 2.53. The molecular weight excluding hydrogens is 140 g/mol. The number of ether oxygens (including phenoxy) is 1. The molecule has 0 spiro atoms. The van der Waals surface area contributed by atoms with Crippen LogP contribution in [-0.4, -0.2) is 18.0 Å². The molecule has 1 atom stereocenters. The summed E-state index contributed by atoms with van der Waals surface area (Å²) in [4.78, 5) is 11.0. The zero-order valence-corrected chi connectivity index (χ0v) is 7.52. The molecule has 2 heteroatoms. The second-order valence-corrected chi connectivity index (χ2v) is 3.91. The van der Waals surface area contributed by atoms with Gasteiger partial charge in [-0.25, -0.2) is 0 Å². The van der Waals surface area contributed by atoms with Crippen LogP contribution < -0.4 is 0 Å². The summed E-state index contributed by atoms with van der Waals surface area (Å²) in [7, 11) is 0. The monoisotopic (exact) mass is 156 g/mol. The van der Waals surface area contributed by atoms with Gasteiger partial charge >= 0.3 is 0 Å². The third-order valence-corrected chi connectivity index (χ3v) is 2.27. The Morgan fingerprint density at radius 3 is 2.55 bits per heavy atom. The van der Waals surface area contributed by atoms with Crippen LogP contribution in [0.4, 0.5) is 0 Å². The molecule has 1 aliphatic heterocycles. The number of carbonyl (C=O) groups is 1. The molecule has 1 aliphatic rings. The van der Waals surface area contributed by atoms with Crippen LogP contribution in [0, 0.1) is 5.92 Å². The van der Waals surface area contributed by atoms with Crippen molar-refractivity contribution in [2.75, 3.05) is 6.61 Å². The molecule has 0 aromatic heterocycles. The number of carbonyl (C=O) groups excluding carboxylic acids is 1. The Labute approximate surface area is 67.9 Å². The Morgan fingerprint density at radius 1 is 1.55 bits per heavy atom. The van der Waals surface area contributed by atoms with Gasteiger partial charge in [-0.1, -0.05) is 0 Å². The van der Waals surface area contributed by atoms with Crippen molar-refractivity contribution in [1.29, 1.82) is 0 Å². The Hall–Kier alpha value is -0.370. The molecule has 0 bridgehead atoms. The Bertz CT molecular complexity index is 161. The molecular formula is C9H16O2. The zero-order valence-electron chi connectivity index (χ0n) is 7.52. The Morgan fingerprint density at radius 2 is 2.18 bits per heavy atom. The zero-order chi connectivity index (χ0) is 8.48. The summed E-state index contributed by atoms with van der Waals surface area (Å²) in [5.41, 5.74) is -0.0887. The quantitative estimate of drug-likeness (QED) is 0.578. The average Bonchev–Trinajstić information content (AvgIpc) is 1.85. The van der Waals surface area contributed by atoms with Gasteiger partial charge < -0.3 is 4.74 Å². The second-order valence-electron chi connectivity index (χ2n) is 3.91. The molecule has 2 nitrogen and oxygen atoms in total. The van der Waals surface area contributed by atoms with Crippen LogP contribution in [-0.2, 0) is 9.53 Å². The highest BCUT2D eigenvalue weighted by atomic mass is 16.5. The number of hydrogen-bond donors (Lipinski definition) is 0. The summed E-state index contributed by atoms with van der Waals surface area (Å²) in [5, 5.41) is 0. The summed E-state index contributed by atoms with van der Waals surface area (Å²) in [6.45, 7) is 6.49. The molecule has 11 heavy (non-hydrogen) atoms. The predicted molar refractivity (Wildman–Crippen MR) is 43.4 cm³/mol. The van der Waals surface area contributed by atoms with Crippen molar-refractivity contribution in [1.82, 2.24) is 0 Å². The summed E-state index contributed by atoms with van der Waals surface area (Å²) < 4.78 is 5.49. The molecule has 0 N–H and O–H groups in total. The molecule has 0 aliphatic carbocycles. The van der Waals surface area contributed by atoms with Crippen LogP contribution in [0.3, 0.4) is 0 Å². The van der Waals surface area contributed by atoms with Crippen molar-refractivity contribution in [2.24, 2.45) is 5.92 Å². The molecule has 0 amide bonds. The first-order chi connectivity index (χ1) is 5.01. The molecule has 1 saturated heterocycles. The van der Waals surface area contributed by atoms with Crippen molar-refractivity contribution in [2.45, 2.75) is 39.2 Å². The summed E-state index contributed by atoms with van der Waals surface area (Å²) in [6.07, 6.45) is 1.78. The van der Waals surface area contributed by atoms with E-state index in [9.17, 15) is 4.79 Å². The lowest BCUT2D eigenvalue weighted by atomic mass is 9.86. The first-order valence-electron chi connectivity index (χ1n) is 4.16. The molecule has 0 radical (unpaired) electrons. The van der Waals surface area contributed by atoms with Gasteiger partial charge in [-0.05, 0) is 33.6 Å². The summed E-state index contributed by atoms with van der Waals surface area (Å²) in [6, 6.07) is 0. The van der Waals surface area contributed by atoms with E-state index in [4.69, 9.17) is 4.74 Å². The van der Waals surface area contributed by atoms with E-state index in [0.717, 1.165) is 19.4 Å². The van der Waals surface area contributed by atoms with E-state index < -0.39 is 0 Å². The van der Waals surface area contributed by atoms with E-state index in [1.165, 1.54) is 0 Å². The molecule has 1 heterocycles. The topological polar surface area (TPSA) is 26.3 Å². The highest BCUT2D eigenvalue weighted by Gasteiger charge is 2.30. The van der Waals surface area contributed by atoms with Gasteiger partial charge in [-0.2, -0.15) is 0 Å². The lowest BCUT2D eigenvalue weighted by Gasteiger charge is -2.34. The maximum Gasteiger partial charge on any atom is 0.133 e. The van der Waals surface area contributed by atoms with Gasteiger partial charge in [0.2, 0.25) is 0 Å². The number of rotatable bonds is 1. The van der Waals surface area contributed by atoms with Crippen LogP contribution >= 0.6 is 0 Å². The summed E-state index contributed by atoms with van der Waals surface area (Å²) >= 11 is 0. The molecule has 0 saturated carbocycles. The van der Waals surface area contributed by atoms with Crippen molar-refractivity contribution in [3.8, 4) is 0 Å². The standard InChI is InChI=1S/C9H16O2/c1-7(10)8-4-5-11-9(2,3)6-8/h8H,4-6H2,1-3H3. The first-order valence-corrected chi connectivity index (χ1v) is 4.16. The maximum atomic E-state index is 11.0. The fourth-order valence-corrected chi connectivity index (χ4v) is 1.58. The fourth-order valence-electron chi connectivity index (χ4n) is 1.58. The van der Waals surface area contributed by atoms with Crippen LogP contribution in [0.5, 0.6) is 0 Å². The third-order valence-electron chi connectivity index (χ3n) is 2.27. The molecule has 1 unspecified atom stereocenters. The van der Waals surface area contributed by atoms with Crippen LogP contribution in [0.15, 0.2) is 0 Å². The van der Waals surface area contributed by atoms with Crippen LogP contribution in [0.2, 0.25) is 0 Å². The van der Waals surface area contributed by atoms with Gasteiger partial charge in [0.15, 0.2) is 0 Å². The van der Waals surface area contributed by atoms with Gasteiger partial charge in [0.25, 0.3) is 0 Å². The minimum Gasteiger partial charge on any atom is -0.376 e. The molecule has 64 valence electrons. The van der Waals surface area contributed by atoms with E-state index in [1.807, 2.05) is 13.8 Å². The van der Waals surface area contributed by atoms with Gasteiger partial charge in [-0.15, -0.1) is 0 Å². The molecule has 0 aromatic rings. The van der Waals surface area contributed by atoms with E-state index in [1.54, 1.807) is 6.92 Å². The van der Waals surface area contributed by atoms with Gasteiger partial charge in [0.1, 0.15) is 5.78 Å². The van der Waals surface area contributed by atoms with E-state index in [2.05, 4.69) is 0 Å². The minimum atomic E-state index is -0.0887. The molecule has 1 fully saturated rings. The lowest BCUT2D eigenvalue weighted by Crippen LogP contribution is -2.36. The minimum absolute atomic E-state index is 0.0887. The van der Waals surface area contributed by atoms with E-state index in [0.29, 0.717) is 5.78 Å². The molecule has 1 rings (SSSR count). The van der Waals surface area contributed by atoms with Crippen molar-refractivity contribution in [3.05, 3.63) is 0 Å². The van der Waals surface area contributed by atoms with Gasteiger partial charge in [0.05, 0.1) is 5.60 Å². The SMILES string of the molecule is CC(=O)C1CCOC(C)(C)C1. The second kappa shape index (κ2) is 2.94. The number of ketones is 1. The number of hydrogen-bond acceptors (Lipinski definition) is 2. The van der Waals surface area contributed by atoms with Crippen LogP contribution in [0.1, 0.15) is 33.6 Å². The van der Waals surface area contributed by atoms with Crippen molar-refractivity contribution >= 4 is 5.78 Å². The van der Waals surface area contributed by atoms with E-state index in [-0.39, 0.29) is 11.5 Å². The first kappa shape index (κ1) is 8.72. The van der Waals surface area contributed by atoms with Gasteiger partial charge in [-0.3, -0.25) is 4.79 Å². The highest BCUT2D eigenvalue weighted by molar-refractivity contribution is 5.78. The largest absolute Gasteiger partial charge is 0.376 e. The normalized spacial score (nSPS) is 29.9. The fraction of sp³-hybridized carbons (Fsp3) is 0.889. The van der Waals surface area contributed by atoms with Gasteiger partial charge in [0, 0.05) is 12.5 Å². The predicted octanol–water partition coefficient (Wildman–Crippen LogP) is 1.78. The lowest BCUT2D eigenvalue weighted by molar-refractivity contribution is -0.131. The average molecular weight is 156 g/mol. The van der Waals surface area contributed by atoms with Crippen LogP contribution in [0.25, 0.3) is 0 Å². The molecule has 0 aromatic carbocycles. The maximum absolute atomic E-state index is 11.0. The Kier molecular flexibility index (Phi) is 2.33. The van der Waals surface area contributed by atoms with E-state index >= 15 is 0 Å². The summed E-state index contributed by atoms with van der Waals surface area (Å²) in [5.74, 6) is 0.542. The van der Waals surface area contributed by atoms with Crippen molar-refractivity contribution in [3.63, 3.8) is 0 Å².